The molecule has 8 heteroatoms. The van der Waals surface area contributed by atoms with Crippen LogP contribution < -0.4 is 4.90 Å². The molecular weight excluding hydrogens is 366 g/mol. The minimum atomic E-state index is -3.71. The van der Waals surface area contributed by atoms with Crippen molar-refractivity contribution < 1.29 is 18.0 Å². The first-order valence-corrected chi connectivity index (χ1v) is 9.55. The highest BCUT2D eigenvalue weighted by Gasteiger charge is 2.36. The van der Waals surface area contributed by atoms with Gasteiger partial charge in [0.2, 0.25) is 10.0 Å². The lowest BCUT2D eigenvalue weighted by atomic mass is 10.1. The first kappa shape index (κ1) is 17.3. The van der Waals surface area contributed by atoms with Crippen molar-refractivity contribution >= 4 is 38.3 Å². The summed E-state index contributed by atoms with van der Waals surface area (Å²) in [6, 6.07) is 10.9. The molecule has 0 atom stereocenters. The van der Waals surface area contributed by atoms with Crippen molar-refractivity contribution in [3.05, 3.63) is 66.0 Å². The maximum absolute atomic E-state index is 12.9. The number of benzene rings is 2. The summed E-state index contributed by atoms with van der Waals surface area (Å²) in [5, 5.41) is 0.880. The number of sulfonamides is 1. The molecule has 0 bridgehead atoms. The molecule has 7 nitrogen and oxygen atoms in total. The number of aromatic nitrogens is 1. The zero-order chi connectivity index (χ0) is 19.3. The lowest BCUT2D eigenvalue weighted by Crippen LogP contribution is -2.33. The molecule has 2 aromatic carbocycles. The van der Waals surface area contributed by atoms with Crippen molar-refractivity contribution in [1.29, 1.82) is 0 Å². The molecule has 0 aliphatic carbocycles. The molecule has 1 aromatic heterocycles. The van der Waals surface area contributed by atoms with E-state index in [-0.39, 0.29) is 4.90 Å². The molecule has 0 unspecified atom stereocenters. The second-order valence-electron chi connectivity index (χ2n) is 6.28. The zero-order valence-corrected chi connectivity index (χ0v) is 15.4. The van der Waals surface area contributed by atoms with Crippen LogP contribution in [0.4, 0.5) is 5.69 Å². The van der Waals surface area contributed by atoms with Crippen LogP contribution in [-0.2, 0) is 10.0 Å². The smallest absolute Gasteiger partial charge is 0.266 e. The largest absolute Gasteiger partial charge is 0.268 e. The fourth-order valence-electron chi connectivity index (χ4n) is 3.20. The minimum Gasteiger partial charge on any atom is -0.268 e. The molecule has 4 rings (SSSR count). The fourth-order valence-corrected chi connectivity index (χ4v) is 4.28. The van der Waals surface area contributed by atoms with E-state index < -0.39 is 21.8 Å². The van der Waals surface area contributed by atoms with E-state index in [1.165, 1.54) is 50.8 Å². The number of imide groups is 1. The van der Waals surface area contributed by atoms with Gasteiger partial charge in [-0.15, -0.1) is 0 Å². The predicted octanol–water partition coefficient (Wildman–Crippen LogP) is 2.29. The van der Waals surface area contributed by atoms with Gasteiger partial charge in [-0.25, -0.2) is 17.6 Å². The Hall–Kier alpha value is -3.10. The van der Waals surface area contributed by atoms with Gasteiger partial charge < -0.3 is 0 Å². The highest BCUT2D eigenvalue weighted by atomic mass is 32.2. The van der Waals surface area contributed by atoms with E-state index in [4.69, 9.17) is 0 Å². The Bertz CT molecular complexity index is 1200. The molecule has 1 aliphatic rings. The molecular formula is C19H15N3O4S. The predicted molar refractivity (Wildman–Crippen MR) is 100 cm³/mol. The number of nitrogens with zero attached hydrogens (tertiary/aromatic N) is 3. The number of carbonyl (C=O) groups excluding carboxylic acids is 2. The standard InChI is InChI=1S/C19H15N3O4S/c1-21(2)27(25,26)16-7-6-15-17-13(16)4-3-5-14(17)19(24)22(15)18(23)12-8-10-20-11-9-12/h3-11H,1-2H3. The van der Waals surface area contributed by atoms with Crippen molar-refractivity contribution in [3.8, 4) is 0 Å². The molecule has 2 amide bonds. The summed E-state index contributed by atoms with van der Waals surface area (Å²) in [4.78, 5) is 30.9. The summed E-state index contributed by atoms with van der Waals surface area (Å²) in [7, 11) is -0.811. The summed E-state index contributed by atoms with van der Waals surface area (Å²) in [6.07, 6.45) is 2.95. The summed E-state index contributed by atoms with van der Waals surface area (Å²) in [5.74, 6) is -0.958. The molecule has 27 heavy (non-hydrogen) atoms. The van der Waals surface area contributed by atoms with E-state index in [1.54, 1.807) is 18.2 Å². The van der Waals surface area contributed by atoms with Crippen molar-refractivity contribution in [2.45, 2.75) is 4.90 Å². The third kappa shape index (κ3) is 2.45. The average Bonchev–Trinajstić information content (AvgIpc) is 2.95. The van der Waals surface area contributed by atoms with Crippen LogP contribution in [0.25, 0.3) is 10.8 Å². The number of hydrogen-bond acceptors (Lipinski definition) is 5. The molecule has 1 aliphatic heterocycles. The average molecular weight is 381 g/mol. The fraction of sp³-hybridized carbons (Fsp3) is 0.105. The Labute approximate surface area is 155 Å². The van der Waals surface area contributed by atoms with Crippen LogP contribution in [0.2, 0.25) is 0 Å². The van der Waals surface area contributed by atoms with E-state index >= 15 is 0 Å². The molecule has 2 heterocycles. The molecule has 0 spiro atoms. The van der Waals surface area contributed by atoms with Gasteiger partial charge in [-0.3, -0.25) is 14.6 Å². The van der Waals surface area contributed by atoms with E-state index in [1.807, 2.05) is 0 Å². The Kier molecular flexibility index (Phi) is 3.83. The minimum absolute atomic E-state index is 0.0964. The van der Waals surface area contributed by atoms with Gasteiger partial charge in [0, 0.05) is 42.8 Å². The first-order valence-electron chi connectivity index (χ1n) is 8.11. The number of anilines is 1. The topological polar surface area (TPSA) is 87.7 Å². The van der Waals surface area contributed by atoms with Gasteiger partial charge in [0.25, 0.3) is 11.8 Å². The molecule has 0 saturated carbocycles. The maximum atomic E-state index is 12.9. The monoisotopic (exact) mass is 381 g/mol. The summed E-state index contributed by atoms with van der Waals surface area (Å²) >= 11 is 0. The van der Waals surface area contributed by atoms with Gasteiger partial charge in [0.15, 0.2) is 0 Å². The second kappa shape index (κ2) is 5.97. The molecule has 3 aromatic rings. The second-order valence-corrected chi connectivity index (χ2v) is 8.40. The summed E-state index contributed by atoms with van der Waals surface area (Å²) in [5.41, 5.74) is 1.01. The van der Waals surface area contributed by atoms with Crippen molar-refractivity contribution in [3.63, 3.8) is 0 Å². The number of pyridine rings is 1. The Morgan fingerprint density at radius 1 is 1.04 bits per heavy atom. The number of amides is 2. The Morgan fingerprint density at radius 2 is 1.74 bits per heavy atom. The van der Waals surface area contributed by atoms with E-state index in [2.05, 4.69) is 4.98 Å². The number of hydrogen-bond donors (Lipinski definition) is 0. The van der Waals surface area contributed by atoms with Crippen molar-refractivity contribution in [2.75, 3.05) is 19.0 Å². The van der Waals surface area contributed by atoms with Gasteiger partial charge in [-0.1, -0.05) is 12.1 Å². The third-order valence-corrected chi connectivity index (χ3v) is 6.42. The molecule has 136 valence electrons. The summed E-state index contributed by atoms with van der Waals surface area (Å²) in [6.45, 7) is 0. The van der Waals surface area contributed by atoms with Crippen LogP contribution in [0, 0.1) is 0 Å². The van der Waals surface area contributed by atoms with Crippen molar-refractivity contribution in [2.24, 2.45) is 0 Å². The van der Waals surface area contributed by atoms with E-state index in [0.717, 1.165) is 9.21 Å². The maximum Gasteiger partial charge on any atom is 0.266 e. The molecule has 0 saturated heterocycles. The lowest BCUT2D eigenvalue weighted by molar-refractivity contribution is 0.0903. The van der Waals surface area contributed by atoms with Gasteiger partial charge in [0.05, 0.1) is 16.1 Å². The summed E-state index contributed by atoms with van der Waals surface area (Å²) < 4.78 is 26.4. The Morgan fingerprint density at radius 3 is 2.41 bits per heavy atom. The SMILES string of the molecule is CN(C)S(=O)(=O)c1ccc2c3c(cccc13)C(=O)N2C(=O)c1ccncc1. The number of rotatable bonds is 3. The van der Waals surface area contributed by atoms with Crippen LogP contribution in [0.5, 0.6) is 0 Å². The van der Waals surface area contributed by atoms with Gasteiger partial charge in [-0.05, 0) is 30.3 Å². The van der Waals surface area contributed by atoms with Crippen LogP contribution >= 0.6 is 0 Å². The van der Waals surface area contributed by atoms with Gasteiger partial charge in [0.1, 0.15) is 0 Å². The Balaban J connectivity index is 1.96. The zero-order valence-electron chi connectivity index (χ0n) is 14.6. The molecule has 0 radical (unpaired) electrons. The number of carbonyl (C=O) groups is 2. The van der Waals surface area contributed by atoms with Gasteiger partial charge >= 0.3 is 0 Å². The first-order chi connectivity index (χ1) is 12.8. The van der Waals surface area contributed by atoms with E-state index in [9.17, 15) is 18.0 Å². The highest BCUT2D eigenvalue weighted by Crippen LogP contribution is 2.41. The molecule has 0 fully saturated rings. The molecule has 0 N–H and O–H groups in total. The normalized spacial score (nSPS) is 13.6. The van der Waals surface area contributed by atoms with Crippen LogP contribution in [-0.4, -0.2) is 43.6 Å². The third-order valence-electron chi connectivity index (χ3n) is 4.54. The van der Waals surface area contributed by atoms with Crippen LogP contribution in [0.15, 0.2) is 59.8 Å². The van der Waals surface area contributed by atoms with Gasteiger partial charge in [-0.2, -0.15) is 0 Å². The lowest BCUT2D eigenvalue weighted by Gasteiger charge is -2.17. The van der Waals surface area contributed by atoms with Crippen LogP contribution in [0.3, 0.4) is 0 Å². The van der Waals surface area contributed by atoms with E-state index in [0.29, 0.717) is 27.6 Å². The quantitative estimate of drug-likeness (QED) is 0.650. The van der Waals surface area contributed by atoms with Crippen LogP contribution in [0.1, 0.15) is 20.7 Å². The van der Waals surface area contributed by atoms with Crippen molar-refractivity contribution in [1.82, 2.24) is 9.29 Å². The highest BCUT2D eigenvalue weighted by molar-refractivity contribution is 7.89.